The van der Waals surface area contributed by atoms with Gasteiger partial charge in [0.15, 0.2) is 10.7 Å². The average molecular weight is 439 g/mol. The highest BCUT2D eigenvalue weighted by molar-refractivity contribution is 6.53. The van der Waals surface area contributed by atoms with E-state index in [0.717, 1.165) is 11.1 Å². The molecule has 3 aromatic rings. The molecular weight excluding hydrogens is 422 g/mol. The number of aromatic nitrogens is 5. The highest BCUT2D eigenvalue weighted by Crippen LogP contribution is 2.25. The van der Waals surface area contributed by atoms with Crippen LogP contribution in [-0.4, -0.2) is 53.8 Å². The zero-order valence-electron chi connectivity index (χ0n) is 15.2. The molecule has 0 aliphatic rings. The number of hydrogen-bond donors (Lipinski definition) is 2. The predicted molar refractivity (Wildman–Crippen MR) is 106 cm³/mol. The minimum atomic E-state index is -1.34. The Balaban J connectivity index is 1.74. The summed E-state index contributed by atoms with van der Waals surface area (Å²) >= 11 is 10.9. The molecule has 0 aliphatic heterocycles. The fraction of sp³-hybridized carbons (Fsp3) is 0.278. The first-order valence-electron chi connectivity index (χ1n) is 8.52. The molecule has 0 radical (unpaired) electrons. The Kier molecular flexibility index (Phi) is 6.73. The molecule has 152 valence electrons. The Morgan fingerprint density at radius 1 is 1.21 bits per heavy atom. The van der Waals surface area contributed by atoms with E-state index >= 15 is 0 Å². The van der Waals surface area contributed by atoms with E-state index in [-0.39, 0.29) is 0 Å². The molecule has 0 saturated heterocycles. The number of aliphatic hydroxyl groups excluding tert-OH is 1. The third kappa shape index (κ3) is 4.87. The molecule has 0 bridgehead atoms. The van der Waals surface area contributed by atoms with Gasteiger partial charge in [0.25, 0.3) is 5.91 Å². The Morgan fingerprint density at radius 3 is 2.41 bits per heavy atom. The fourth-order valence-corrected chi connectivity index (χ4v) is 2.82. The van der Waals surface area contributed by atoms with Crippen LogP contribution in [0.25, 0.3) is 22.6 Å². The van der Waals surface area contributed by atoms with Crippen LogP contribution >= 0.6 is 23.2 Å². The maximum Gasteiger partial charge on any atom is 0.253 e. The predicted octanol–water partition coefficient (Wildman–Crippen LogP) is 2.23. The van der Waals surface area contributed by atoms with Crippen molar-refractivity contribution < 1.29 is 14.3 Å². The molecule has 2 atom stereocenters. The van der Waals surface area contributed by atoms with Gasteiger partial charge in [0.2, 0.25) is 0 Å². The normalized spacial score (nSPS) is 13.3. The number of carbonyl (C=O) groups is 1. The first kappa shape index (κ1) is 21.1. The van der Waals surface area contributed by atoms with Crippen molar-refractivity contribution in [3.8, 4) is 22.6 Å². The van der Waals surface area contributed by atoms with Gasteiger partial charge in [-0.3, -0.25) is 9.78 Å². The number of hydrogen-bond acceptors (Lipinski definition) is 6. The first-order chi connectivity index (χ1) is 13.9. The lowest BCUT2D eigenvalue weighted by Gasteiger charge is -2.22. The number of pyridine rings is 1. The van der Waals surface area contributed by atoms with E-state index in [2.05, 4.69) is 25.8 Å². The van der Waals surface area contributed by atoms with Crippen molar-refractivity contribution in [2.45, 2.75) is 17.0 Å². The molecule has 0 spiro atoms. The first-order valence-corrected chi connectivity index (χ1v) is 9.39. The zero-order valence-corrected chi connectivity index (χ0v) is 16.7. The summed E-state index contributed by atoms with van der Waals surface area (Å²) in [6.45, 7) is -0.975. The number of halogens is 3. The van der Waals surface area contributed by atoms with Crippen molar-refractivity contribution in [1.82, 2.24) is 30.5 Å². The van der Waals surface area contributed by atoms with E-state index in [1.807, 2.05) is 6.07 Å². The maximum atomic E-state index is 13.3. The van der Waals surface area contributed by atoms with Gasteiger partial charge < -0.3 is 10.4 Å². The molecule has 1 aromatic carbocycles. The lowest BCUT2D eigenvalue weighted by atomic mass is 9.99. The van der Waals surface area contributed by atoms with Crippen LogP contribution in [0, 0.1) is 0 Å². The second-order valence-electron chi connectivity index (χ2n) is 6.20. The van der Waals surface area contributed by atoms with E-state index in [1.54, 1.807) is 43.6 Å². The van der Waals surface area contributed by atoms with Gasteiger partial charge in [0.1, 0.15) is 18.5 Å². The number of alkyl halides is 3. The number of benzene rings is 1. The van der Waals surface area contributed by atoms with E-state index < -0.39 is 29.6 Å². The van der Waals surface area contributed by atoms with Crippen LogP contribution in [0.1, 0.15) is 11.7 Å². The largest absolute Gasteiger partial charge is 0.386 e. The molecular formula is C18H17Cl2FN6O2. The summed E-state index contributed by atoms with van der Waals surface area (Å²) in [5, 5.41) is 23.9. The Bertz CT molecular complexity index is 965. The molecule has 29 heavy (non-hydrogen) atoms. The standard InChI is InChI=1S/C18H17Cl2FN6O2/c1-27-17(24-25-26-27)13-7-6-12(9-22-13)10-2-4-11(5-3-10)15(28)14(8-21)23-18(29)16(19)20/h2-7,9,14-16,28H,8H2,1H3,(H,23,29)/t14-,15-/m1/s1. The highest BCUT2D eigenvalue weighted by atomic mass is 35.5. The number of tetrazole rings is 1. The van der Waals surface area contributed by atoms with E-state index in [0.29, 0.717) is 17.1 Å². The molecule has 0 unspecified atom stereocenters. The number of rotatable bonds is 7. The molecule has 0 fully saturated rings. The van der Waals surface area contributed by atoms with Crippen LogP contribution in [0.4, 0.5) is 4.39 Å². The van der Waals surface area contributed by atoms with Gasteiger partial charge >= 0.3 is 0 Å². The summed E-state index contributed by atoms with van der Waals surface area (Å²) in [5.41, 5.74) is 2.75. The number of amides is 1. The van der Waals surface area contributed by atoms with Crippen molar-refractivity contribution in [3.05, 3.63) is 48.2 Å². The molecule has 0 aliphatic carbocycles. The third-order valence-corrected chi connectivity index (χ3v) is 4.67. The third-order valence-electron chi connectivity index (χ3n) is 4.27. The van der Waals surface area contributed by atoms with Gasteiger partial charge in [-0.2, -0.15) is 0 Å². The molecule has 2 aromatic heterocycles. The van der Waals surface area contributed by atoms with Crippen LogP contribution in [0.5, 0.6) is 0 Å². The lowest BCUT2D eigenvalue weighted by molar-refractivity contribution is -0.121. The number of aliphatic hydroxyl groups is 1. The molecule has 0 saturated carbocycles. The summed E-state index contributed by atoms with van der Waals surface area (Å²) in [6, 6.07) is 9.34. The van der Waals surface area contributed by atoms with Crippen LogP contribution in [0.15, 0.2) is 42.6 Å². The maximum absolute atomic E-state index is 13.3. The Hall–Kier alpha value is -2.62. The molecule has 2 heterocycles. The van der Waals surface area contributed by atoms with Crippen LogP contribution in [-0.2, 0) is 11.8 Å². The molecule has 3 rings (SSSR count). The topological polar surface area (TPSA) is 106 Å². The molecule has 8 nitrogen and oxygen atoms in total. The van der Waals surface area contributed by atoms with Crippen LogP contribution < -0.4 is 5.32 Å². The Labute approximate surface area is 175 Å². The molecule has 1 amide bonds. The van der Waals surface area contributed by atoms with Gasteiger partial charge in [0.05, 0.1) is 6.04 Å². The van der Waals surface area contributed by atoms with Crippen molar-refractivity contribution in [2.24, 2.45) is 7.05 Å². The number of nitrogens with one attached hydrogen (secondary N) is 1. The summed E-state index contributed by atoms with van der Waals surface area (Å²) in [4.78, 5) is 14.6. The fourth-order valence-electron chi connectivity index (χ4n) is 2.70. The van der Waals surface area contributed by atoms with E-state index in [9.17, 15) is 14.3 Å². The Morgan fingerprint density at radius 2 is 1.90 bits per heavy atom. The SMILES string of the molecule is Cn1nnnc1-c1ccc(-c2ccc([C@@H](O)[C@@H](CF)NC(=O)C(Cl)Cl)cc2)cn1. The van der Waals surface area contributed by atoms with Gasteiger partial charge in [-0.1, -0.05) is 53.5 Å². The molecule has 2 N–H and O–H groups in total. The summed E-state index contributed by atoms with van der Waals surface area (Å²) < 4.78 is 14.8. The number of aryl methyl sites for hydroxylation is 1. The summed E-state index contributed by atoms with van der Waals surface area (Å²) in [6.07, 6.45) is 0.426. The highest BCUT2D eigenvalue weighted by Gasteiger charge is 2.25. The minimum absolute atomic E-state index is 0.437. The zero-order chi connectivity index (χ0) is 21.0. The second-order valence-corrected chi connectivity index (χ2v) is 7.29. The second kappa shape index (κ2) is 9.25. The van der Waals surface area contributed by atoms with Crippen molar-refractivity contribution in [2.75, 3.05) is 6.67 Å². The lowest BCUT2D eigenvalue weighted by Crippen LogP contribution is -2.43. The number of carbonyl (C=O) groups excluding carboxylic acids is 1. The van der Waals surface area contributed by atoms with Crippen LogP contribution in [0.2, 0.25) is 0 Å². The van der Waals surface area contributed by atoms with E-state index in [4.69, 9.17) is 23.2 Å². The van der Waals surface area contributed by atoms with Crippen LogP contribution in [0.3, 0.4) is 0 Å². The summed E-state index contributed by atoms with van der Waals surface area (Å²) in [5.74, 6) is -0.221. The monoisotopic (exact) mass is 438 g/mol. The van der Waals surface area contributed by atoms with Crippen molar-refractivity contribution in [3.63, 3.8) is 0 Å². The number of nitrogens with zero attached hydrogens (tertiary/aromatic N) is 5. The van der Waals surface area contributed by atoms with Gasteiger partial charge in [-0.25, -0.2) is 9.07 Å². The van der Waals surface area contributed by atoms with Gasteiger partial charge in [0, 0.05) is 18.8 Å². The smallest absolute Gasteiger partial charge is 0.253 e. The summed E-state index contributed by atoms with van der Waals surface area (Å²) in [7, 11) is 1.72. The quantitative estimate of drug-likeness (QED) is 0.547. The average Bonchev–Trinajstić information content (AvgIpc) is 3.17. The van der Waals surface area contributed by atoms with E-state index in [1.165, 1.54) is 4.68 Å². The van der Waals surface area contributed by atoms with Gasteiger partial charge in [-0.15, -0.1) is 5.10 Å². The van der Waals surface area contributed by atoms with Crippen molar-refractivity contribution >= 4 is 29.1 Å². The van der Waals surface area contributed by atoms with Crippen molar-refractivity contribution in [1.29, 1.82) is 0 Å². The minimum Gasteiger partial charge on any atom is -0.386 e. The molecule has 11 heteroatoms. The van der Waals surface area contributed by atoms with Gasteiger partial charge in [-0.05, 0) is 27.6 Å².